The average molecular weight is 604 g/mol. The fraction of sp³-hybridized carbons (Fsp3) is 0.323. The number of amides is 1. The lowest BCUT2D eigenvalue weighted by Crippen LogP contribution is -2.45. The predicted molar refractivity (Wildman–Crippen MR) is 162 cm³/mol. The molecule has 2 aliphatic heterocycles. The molecule has 0 unspecified atom stereocenters. The van der Waals surface area contributed by atoms with Gasteiger partial charge >= 0.3 is 6.18 Å². The van der Waals surface area contributed by atoms with Crippen LogP contribution >= 0.6 is 0 Å². The van der Waals surface area contributed by atoms with E-state index in [0.717, 1.165) is 60.8 Å². The van der Waals surface area contributed by atoms with Gasteiger partial charge in [0.1, 0.15) is 0 Å². The number of anilines is 5. The summed E-state index contributed by atoms with van der Waals surface area (Å²) in [4.78, 5) is 37.7. The lowest BCUT2D eigenvalue weighted by Gasteiger charge is -2.32. The number of nitrogens with zero attached hydrogens (tertiary/aromatic N) is 7. The number of alkyl halides is 3. The molecule has 2 aliphatic rings. The Morgan fingerprint density at radius 2 is 1.66 bits per heavy atom. The van der Waals surface area contributed by atoms with Crippen molar-refractivity contribution < 1.29 is 18.0 Å². The van der Waals surface area contributed by atoms with Crippen LogP contribution in [0.1, 0.15) is 32.7 Å². The molecule has 0 bridgehead atoms. The fourth-order valence-electron chi connectivity index (χ4n) is 5.33. The Morgan fingerprint density at radius 3 is 2.41 bits per heavy atom. The molecule has 44 heavy (non-hydrogen) atoms. The van der Waals surface area contributed by atoms with E-state index >= 15 is 0 Å². The van der Waals surface area contributed by atoms with Crippen molar-refractivity contribution >= 4 is 34.9 Å². The highest BCUT2D eigenvalue weighted by Gasteiger charge is 2.31. The largest absolute Gasteiger partial charge is 0.416 e. The summed E-state index contributed by atoms with van der Waals surface area (Å²) in [6, 6.07) is 9.85. The van der Waals surface area contributed by atoms with Crippen molar-refractivity contribution in [3.05, 3.63) is 89.0 Å². The number of halogens is 3. The third kappa shape index (κ3) is 6.57. The molecule has 2 N–H and O–H groups in total. The predicted octanol–water partition coefficient (Wildman–Crippen LogP) is 4.90. The summed E-state index contributed by atoms with van der Waals surface area (Å²) in [5, 5.41) is 5.94. The Bertz CT molecular complexity index is 1650. The molecule has 0 radical (unpaired) electrons. The first-order chi connectivity index (χ1) is 21.1. The number of aryl methyl sites for hydroxylation is 1. The number of nitrogens with one attached hydrogen (secondary N) is 2. The summed E-state index contributed by atoms with van der Waals surface area (Å²) in [5.41, 5.74) is 4.13. The maximum Gasteiger partial charge on any atom is 0.416 e. The van der Waals surface area contributed by atoms with E-state index in [4.69, 9.17) is 4.98 Å². The Morgan fingerprint density at radius 1 is 0.886 bits per heavy atom. The number of rotatable bonds is 6. The highest BCUT2D eigenvalue weighted by atomic mass is 19.4. The van der Waals surface area contributed by atoms with Crippen LogP contribution in [0, 0.1) is 6.92 Å². The summed E-state index contributed by atoms with van der Waals surface area (Å²) in [6.45, 7) is 6.99. The second-order valence-corrected chi connectivity index (χ2v) is 11.1. The van der Waals surface area contributed by atoms with Crippen LogP contribution in [-0.2, 0) is 19.1 Å². The van der Waals surface area contributed by atoms with Gasteiger partial charge < -0.3 is 25.3 Å². The standard InChI is InChI=1S/C31H32F3N9O/c1-20-6-7-24(38-28(44)21-4-3-5-23(14-21)31(32,33)34)15-27(20)43-9-8-26-22(19-43)16-35-29(40-26)39-25-17-36-30(37-18-25)42-12-10-41(2)11-13-42/h3-7,14-18H,8-13,19H2,1-2H3,(H,38,44)(H,35,39,40). The van der Waals surface area contributed by atoms with Crippen LogP contribution < -0.4 is 20.4 Å². The first kappa shape index (κ1) is 29.3. The minimum atomic E-state index is -4.52. The molecule has 2 aromatic heterocycles. The van der Waals surface area contributed by atoms with Gasteiger partial charge in [-0.25, -0.2) is 19.9 Å². The van der Waals surface area contributed by atoms with E-state index in [2.05, 4.69) is 47.3 Å². The van der Waals surface area contributed by atoms with Crippen LogP contribution in [0.3, 0.4) is 0 Å². The van der Waals surface area contributed by atoms with E-state index in [0.29, 0.717) is 42.8 Å². The third-order valence-corrected chi connectivity index (χ3v) is 7.87. The van der Waals surface area contributed by atoms with E-state index < -0.39 is 17.6 Å². The first-order valence-corrected chi connectivity index (χ1v) is 14.3. The van der Waals surface area contributed by atoms with Crippen molar-refractivity contribution in [3.63, 3.8) is 0 Å². The maximum absolute atomic E-state index is 13.1. The molecule has 4 heterocycles. The zero-order valence-electron chi connectivity index (χ0n) is 24.4. The molecule has 1 saturated heterocycles. The summed E-state index contributed by atoms with van der Waals surface area (Å²) >= 11 is 0. The number of fused-ring (bicyclic) bond motifs is 1. The second-order valence-electron chi connectivity index (χ2n) is 11.1. The van der Waals surface area contributed by atoms with E-state index in [9.17, 15) is 18.0 Å². The number of piperazine rings is 1. The van der Waals surface area contributed by atoms with Gasteiger partial charge in [0.05, 0.1) is 29.3 Å². The molecule has 4 aromatic rings. The minimum Gasteiger partial charge on any atom is -0.366 e. The normalized spacial score (nSPS) is 15.6. The Kier molecular flexibility index (Phi) is 8.04. The number of carbonyl (C=O) groups is 1. The highest BCUT2D eigenvalue weighted by Crippen LogP contribution is 2.31. The van der Waals surface area contributed by atoms with Gasteiger partial charge in [-0.1, -0.05) is 12.1 Å². The van der Waals surface area contributed by atoms with Crippen LogP contribution in [0.4, 0.5) is 42.1 Å². The van der Waals surface area contributed by atoms with Crippen molar-refractivity contribution in [3.8, 4) is 0 Å². The molecule has 2 aromatic carbocycles. The molecule has 228 valence electrons. The van der Waals surface area contributed by atoms with Gasteiger partial charge in [-0.05, 0) is 49.9 Å². The smallest absolute Gasteiger partial charge is 0.366 e. The molecule has 0 aliphatic carbocycles. The molecule has 6 rings (SSSR count). The molecule has 1 amide bonds. The fourth-order valence-corrected chi connectivity index (χ4v) is 5.33. The maximum atomic E-state index is 13.1. The third-order valence-electron chi connectivity index (χ3n) is 7.87. The molecule has 0 atom stereocenters. The number of aromatic nitrogens is 4. The number of benzene rings is 2. The molecule has 0 saturated carbocycles. The summed E-state index contributed by atoms with van der Waals surface area (Å²) in [5.74, 6) is 0.580. The summed E-state index contributed by atoms with van der Waals surface area (Å²) < 4.78 is 39.3. The van der Waals surface area contributed by atoms with E-state index in [1.54, 1.807) is 18.5 Å². The highest BCUT2D eigenvalue weighted by molar-refractivity contribution is 6.04. The van der Waals surface area contributed by atoms with Gasteiger partial charge in [0.15, 0.2) is 0 Å². The molecular formula is C31H32F3N9O. The lowest BCUT2D eigenvalue weighted by molar-refractivity contribution is -0.137. The van der Waals surface area contributed by atoms with E-state index in [1.165, 1.54) is 12.1 Å². The minimum absolute atomic E-state index is 0.0621. The van der Waals surface area contributed by atoms with Crippen LogP contribution in [0.25, 0.3) is 0 Å². The van der Waals surface area contributed by atoms with Crippen molar-refractivity contribution in [1.29, 1.82) is 0 Å². The van der Waals surface area contributed by atoms with Crippen molar-refractivity contribution in [1.82, 2.24) is 24.8 Å². The monoisotopic (exact) mass is 603 g/mol. The van der Waals surface area contributed by atoms with Gasteiger partial charge in [0.25, 0.3) is 5.91 Å². The number of hydrogen-bond acceptors (Lipinski definition) is 9. The molecule has 10 nitrogen and oxygen atoms in total. The van der Waals surface area contributed by atoms with Gasteiger partial charge in [-0.15, -0.1) is 0 Å². The van der Waals surface area contributed by atoms with Crippen LogP contribution in [-0.4, -0.2) is 70.5 Å². The second kappa shape index (κ2) is 12.1. The van der Waals surface area contributed by atoms with Crippen molar-refractivity contribution in [2.24, 2.45) is 0 Å². The van der Waals surface area contributed by atoms with Gasteiger partial charge in [-0.3, -0.25) is 4.79 Å². The quantitative estimate of drug-likeness (QED) is 0.319. The topological polar surface area (TPSA) is 102 Å². The molecule has 1 fully saturated rings. The average Bonchev–Trinajstić information content (AvgIpc) is 3.02. The Labute approximate surface area is 253 Å². The van der Waals surface area contributed by atoms with Gasteiger partial charge in [0, 0.05) is 74.4 Å². The van der Waals surface area contributed by atoms with Gasteiger partial charge in [0.2, 0.25) is 11.9 Å². The summed E-state index contributed by atoms with van der Waals surface area (Å²) in [7, 11) is 2.11. The molecule has 0 spiro atoms. The number of carbonyl (C=O) groups excluding carboxylic acids is 1. The van der Waals surface area contributed by atoms with E-state index in [1.807, 2.05) is 25.3 Å². The zero-order valence-corrected chi connectivity index (χ0v) is 24.4. The first-order valence-electron chi connectivity index (χ1n) is 14.3. The van der Waals surface area contributed by atoms with Crippen LogP contribution in [0.15, 0.2) is 61.1 Å². The molecule has 13 heteroatoms. The summed E-state index contributed by atoms with van der Waals surface area (Å²) in [6.07, 6.45) is 1.46. The Hall–Kier alpha value is -4.78. The number of hydrogen-bond donors (Lipinski definition) is 2. The van der Waals surface area contributed by atoms with Crippen molar-refractivity contribution in [2.45, 2.75) is 26.1 Å². The van der Waals surface area contributed by atoms with Crippen LogP contribution in [0.5, 0.6) is 0 Å². The van der Waals surface area contributed by atoms with Gasteiger partial charge in [-0.2, -0.15) is 13.2 Å². The molecular weight excluding hydrogens is 571 g/mol. The lowest BCUT2D eigenvalue weighted by atomic mass is 10.0. The zero-order chi connectivity index (χ0) is 30.8. The Balaban J connectivity index is 1.11. The SMILES string of the molecule is Cc1ccc(NC(=O)c2cccc(C(F)(F)F)c2)cc1N1CCc2nc(Nc3cnc(N4CCN(C)CC4)nc3)ncc2C1. The number of likely N-dealkylation sites (N-methyl/N-ethyl adjacent to an activating group) is 1. The van der Waals surface area contributed by atoms with Crippen LogP contribution in [0.2, 0.25) is 0 Å². The van der Waals surface area contributed by atoms with Crippen molar-refractivity contribution in [2.75, 3.05) is 60.2 Å². The van der Waals surface area contributed by atoms with E-state index in [-0.39, 0.29) is 5.56 Å².